The summed E-state index contributed by atoms with van der Waals surface area (Å²) >= 11 is 0. The van der Waals surface area contributed by atoms with E-state index in [1.54, 1.807) is 11.0 Å². The van der Waals surface area contributed by atoms with Crippen molar-refractivity contribution in [3.8, 4) is 0 Å². The van der Waals surface area contributed by atoms with E-state index in [-0.39, 0.29) is 18.6 Å². The van der Waals surface area contributed by atoms with Crippen LogP contribution in [0.1, 0.15) is 18.4 Å². The lowest BCUT2D eigenvalue weighted by molar-refractivity contribution is -0.127. The fraction of sp³-hybridized carbons (Fsp3) is 0.500. The third kappa shape index (κ3) is 3.92. The molecule has 0 saturated carbocycles. The molecule has 2 fully saturated rings. The van der Waals surface area contributed by atoms with Gasteiger partial charge in [0.1, 0.15) is 0 Å². The molecule has 0 bridgehead atoms. The van der Waals surface area contributed by atoms with E-state index >= 15 is 0 Å². The van der Waals surface area contributed by atoms with Crippen molar-refractivity contribution in [1.82, 2.24) is 4.90 Å². The van der Waals surface area contributed by atoms with Crippen LogP contribution in [-0.4, -0.2) is 61.4 Å². The molecule has 0 aliphatic carbocycles. The number of hydrogen-bond donors (Lipinski definition) is 1. The largest absolute Gasteiger partial charge is 0.394 e. The Bertz CT molecular complexity index is 550. The van der Waals surface area contributed by atoms with Crippen LogP contribution in [0.25, 0.3) is 6.08 Å². The predicted molar refractivity (Wildman–Crippen MR) is 90.3 cm³/mol. The molecule has 0 aromatic heterocycles. The molecule has 1 aromatic carbocycles. The van der Waals surface area contributed by atoms with E-state index in [9.17, 15) is 9.90 Å². The molecule has 1 atom stereocenters. The molecule has 2 heterocycles. The van der Waals surface area contributed by atoms with Crippen LogP contribution in [0.5, 0.6) is 0 Å². The Morgan fingerprint density at radius 3 is 2.65 bits per heavy atom. The number of aliphatic hydroxyl groups excluding tert-OH is 1. The van der Waals surface area contributed by atoms with Crippen molar-refractivity contribution >= 4 is 17.7 Å². The number of carbonyl (C=O) groups is 1. The number of anilines is 1. The molecule has 124 valence electrons. The van der Waals surface area contributed by atoms with Gasteiger partial charge in [-0.05, 0) is 36.6 Å². The van der Waals surface area contributed by atoms with Crippen LogP contribution in [0.4, 0.5) is 5.69 Å². The molecule has 1 amide bonds. The van der Waals surface area contributed by atoms with E-state index in [0.29, 0.717) is 0 Å². The van der Waals surface area contributed by atoms with E-state index < -0.39 is 0 Å². The number of amides is 1. The van der Waals surface area contributed by atoms with Crippen LogP contribution in [0.15, 0.2) is 30.3 Å². The van der Waals surface area contributed by atoms with Crippen molar-refractivity contribution < 1.29 is 14.6 Å². The van der Waals surface area contributed by atoms with Gasteiger partial charge < -0.3 is 19.6 Å². The van der Waals surface area contributed by atoms with Crippen LogP contribution in [0, 0.1) is 0 Å². The second kappa shape index (κ2) is 7.62. The molecule has 1 aromatic rings. The van der Waals surface area contributed by atoms with Gasteiger partial charge in [-0.25, -0.2) is 0 Å². The SMILES string of the molecule is O=C(/C=C/c1ccc(N2CCOCC2)cc1)N1CCCC1CO. The van der Waals surface area contributed by atoms with Crippen LogP contribution in [0.2, 0.25) is 0 Å². The van der Waals surface area contributed by atoms with Crippen molar-refractivity contribution in [1.29, 1.82) is 0 Å². The minimum atomic E-state index is -0.0177. The second-order valence-corrected chi connectivity index (χ2v) is 6.03. The highest BCUT2D eigenvalue weighted by Crippen LogP contribution is 2.19. The Balaban J connectivity index is 1.60. The van der Waals surface area contributed by atoms with Crippen LogP contribution in [0.3, 0.4) is 0 Å². The molecular weight excluding hydrogens is 292 g/mol. The lowest BCUT2D eigenvalue weighted by atomic mass is 10.1. The van der Waals surface area contributed by atoms with Gasteiger partial charge in [-0.2, -0.15) is 0 Å². The number of carbonyl (C=O) groups excluding carboxylic acids is 1. The van der Waals surface area contributed by atoms with Gasteiger partial charge in [-0.15, -0.1) is 0 Å². The Hall–Kier alpha value is -1.85. The summed E-state index contributed by atoms with van der Waals surface area (Å²) in [5.74, 6) is -0.0150. The monoisotopic (exact) mass is 316 g/mol. The third-order valence-corrected chi connectivity index (χ3v) is 4.56. The summed E-state index contributed by atoms with van der Waals surface area (Å²) < 4.78 is 5.36. The maximum atomic E-state index is 12.2. The number of hydrogen-bond acceptors (Lipinski definition) is 4. The molecule has 1 N–H and O–H groups in total. The number of nitrogens with zero attached hydrogens (tertiary/aromatic N) is 2. The molecule has 0 spiro atoms. The van der Waals surface area contributed by atoms with Crippen LogP contribution >= 0.6 is 0 Å². The predicted octanol–water partition coefficient (Wildman–Crippen LogP) is 1.52. The highest BCUT2D eigenvalue weighted by atomic mass is 16.5. The first-order valence-electron chi connectivity index (χ1n) is 8.30. The fourth-order valence-corrected chi connectivity index (χ4v) is 3.20. The third-order valence-electron chi connectivity index (χ3n) is 4.56. The molecule has 3 rings (SSSR count). The highest BCUT2D eigenvalue weighted by molar-refractivity contribution is 5.92. The minimum absolute atomic E-state index is 0.0150. The van der Waals surface area contributed by atoms with Gasteiger partial charge in [0.25, 0.3) is 0 Å². The Morgan fingerprint density at radius 1 is 1.22 bits per heavy atom. The van der Waals surface area contributed by atoms with Crippen molar-refractivity contribution in [2.75, 3.05) is 44.4 Å². The van der Waals surface area contributed by atoms with Crippen molar-refractivity contribution in [3.63, 3.8) is 0 Å². The number of morpholine rings is 1. The molecule has 2 aliphatic heterocycles. The molecule has 1 unspecified atom stereocenters. The summed E-state index contributed by atoms with van der Waals surface area (Å²) in [6.45, 7) is 4.19. The molecule has 2 saturated heterocycles. The molecule has 5 heteroatoms. The van der Waals surface area contributed by atoms with Crippen molar-refractivity contribution in [2.24, 2.45) is 0 Å². The van der Waals surface area contributed by atoms with E-state index in [4.69, 9.17) is 4.74 Å². The van der Waals surface area contributed by atoms with Gasteiger partial charge in [-0.3, -0.25) is 4.79 Å². The smallest absolute Gasteiger partial charge is 0.246 e. The number of benzene rings is 1. The topological polar surface area (TPSA) is 53.0 Å². The van der Waals surface area contributed by atoms with Crippen LogP contribution < -0.4 is 4.90 Å². The zero-order valence-electron chi connectivity index (χ0n) is 13.4. The quantitative estimate of drug-likeness (QED) is 0.856. The van der Waals surface area contributed by atoms with Crippen LogP contribution in [-0.2, 0) is 9.53 Å². The molecule has 2 aliphatic rings. The summed E-state index contributed by atoms with van der Waals surface area (Å²) in [5, 5.41) is 9.29. The highest BCUT2D eigenvalue weighted by Gasteiger charge is 2.26. The van der Waals surface area contributed by atoms with Gasteiger partial charge in [0, 0.05) is 31.4 Å². The average molecular weight is 316 g/mol. The van der Waals surface area contributed by atoms with Gasteiger partial charge >= 0.3 is 0 Å². The Kier molecular flexibility index (Phi) is 5.31. The lowest BCUT2D eigenvalue weighted by Crippen LogP contribution is -2.36. The van der Waals surface area contributed by atoms with Crippen molar-refractivity contribution in [3.05, 3.63) is 35.9 Å². The number of likely N-dealkylation sites (tertiary alicyclic amines) is 1. The average Bonchev–Trinajstić information content (AvgIpc) is 3.10. The van der Waals surface area contributed by atoms with E-state index in [2.05, 4.69) is 17.0 Å². The molecule has 5 nitrogen and oxygen atoms in total. The van der Waals surface area contributed by atoms with E-state index in [0.717, 1.165) is 51.3 Å². The first kappa shape index (κ1) is 16.0. The summed E-state index contributed by atoms with van der Waals surface area (Å²) in [5.41, 5.74) is 2.20. The number of ether oxygens (including phenoxy) is 1. The zero-order chi connectivity index (χ0) is 16.1. The Morgan fingerprint density at radius 2 is 1.96 bits per heavy atom. The second-order valence-electron chi connectivity index (χ2n) is 6.03. The minimum Gasteiger partial charge on any atom is -0.394 e. The van der Waals surface area contributed by atoms with Gasteiger partial charge in [-0.1, -0.05) is 12.1 Å². The van der Waals surface area contributed by atoms with E-state index in [1.807, 2.05) is 18.2 Å². The fourth-order valence-electron chi connectivity index (χ4n) is 3.20. The lowest BCUT2D eigenvalue weighted by Gasteiger charge is -2.28. The summed E-state index contributed by atoms with van der Waals surface area (Å²) in [4.78, 5) is 16.3. The maximum Gasteiger partial charge on any atom is 0.246 e. The summed E-state index contributed by atoms with van der Waals surface area (Å²) in [6, 6.07) is 8.21. The normalized spacial score (nSPS) is 22.0. The summed E-state index contributed by atoms with van der Waals surface area (Å²) in [6.07, 6.45) is 5.32. The van der Waals surface area contributed by atoms with Gasteiger partial charge in [0.2, 0.25) is 5.91 Å². The Labute approximate surface area is 137 Å². The standard InChI is InChI=1S/C18H24N2O3/c21-14-17-2-1-9-20(17)18(22)8-5-15-3-6-16(7-4-15)19-10-12-23-13-11-19/h3-8,17,21H,1-2,9-14H2/b8-5+. The molecular formula is C18H24N2O3. The van der Waals surface area contributed by atoms with E-state index in [1.165, 1.54) is 5.69 Å². The first-order valence-corrected chi connectivity index (χ1v) is 8.30. The van der Waals surface area contributed by atoms with Gasteiger partial charge in [0.05, 0.1) is 25.9 Å². The maximum absolute atomic E-state index is 12.2. The van der Waals surface area contributed by atoms with Crippen molar-refractivity contribution in [2.45, 2.75) is 18.9 Å². The zero-order valence-corrected chi connectivity index (χ0v) is 13.4. The summed E-state index contributed by atoms with van der Waals surface area (Å²) in [7, 11) is 0. The van der Waals surface area contributed by atoms with Gasteiger partial charge in [0.15, 0.2) is 0 Å². The molecule has 0 radical (unpaired) electrons. The number of rotatable bonds is 4. The molecule has 23 heavy (non-hydrogen) atoms. The number of aliphatic hydroxyl groups is 1. The first-order chi connectivity index (χ1) is 11.3.